The van der Waals surface area contributed by atoms with Gasteiger partial charge in [0.2, 0.25) is 0 Å². The van der Waals surface area contributed by atoms with E-state index in [0.717, 1.165) is 5.56 Å². The lowest BCUT2D eigenvalue weighted by atomic mass is 10.1. The zero-order valence-electron chi connectivity index (χ0n) is 14.4. The van der Waals surface area contributed by atoms with Gasteiger partial charge in [-0.25, -0.2) is 5.43 Å². The Morgan fingerprint density at radius 2 is 1.66 bits per heavy atom. The summed E-state index contributed by atoms with van der Waals surface area (Å²) in [5, 5.41) is 11.5. The second kappa shape index (κ2) is 8.38. The van der Waals surface area contributed by atoms with Gasteiger partial charge in [0.25, 0.3) is 0 Å². The van der Waals surface area contributed by atoms with Crippen molar-refractivity contribution < 1.29 is 35.5 Å². The zero-order chi connectivity index (χ0) is 21.7. The minimum atomic E-state index is -6.45. The van der Waals surface area contributed by atoms with Gasteiger partial charge in [-0.05, 0) is 35.4 Å². The maximum Gasteiger partial charge on any atom is 0.462 e. The predicted octanol–water partition coefficient (Wildman–Crippen LogP) is 4.85. The lowest BCUT2D eigenvalue weighted by Gasteiger charge is -2.27. The number of ether oxygens (including phenoxy) is 1. The van der Waals surface area contributed by atoms with E-state index in [9.17, 15) is 30.7 Å². The van der Waals surface area contributed by atoms with Crippen LogP contribution < -0.4 is 10.2 Å². The molecule has 0 aromatic heterocycles. The fraction of sp³-hybridized carbons (Fsp3) is 0.222. The highest BCUT2D eigenvalue weighted by Gasteiger charge is 2.73. The molecule has 0 atom stereocenters. The minimum absolute atomic E-state index is 0.112. The van der Waals surface area contributed by atoms with Crippen LogP contribution in [0.4, 0.5) is 30.7 Å². The van der Waals surface area contributed by atoms with E-state index in [1.165, 1.54) is 24.3 Å². The summed E-state index contributed by atoms with van der Waals surface area (Å²) in [6, 6.07) is 8.45. The van der Waals surface area contributed by atoms with E-state index < -0.39 is 18.1 Å². The largest absolute Gasteiger partial charge is 0.489 e. The van der Waals surface area contributed by atoms with E-state index in [-0.39, 0.29) is 17.9 Å². The fourth-order valence-electron chi connectivity index (χ4n) is 1.96. The van der Waals surface area contributed by atoms with Gasteiger partial charge in [0, 0.05) is 0 Å². The molecular weight excluding hydrogens is 407 g/mol. The number of hydrogen-bond donors (Lipinski definition) is 1. The van der Waals surface area contributed by atoms with Gasteiger partial charge in [0.15, 0.2) is 0 Å². The summed E-state index contributed by atoms with van der Waals surface area (Å²) < 4.78 is 93.3. The Balaban J connectivity index is 2.01. The number of benzene rings is 2. The molecule has 2 rings (SSSR count). The molecule has 0 saturated heterocycles. The molecule has 0 amide bonds. The van der Waals surface area contributed by atoms with E-state index in [1.54, 1.807) is 24.3 Å². The van der Waals surface area contributed by atoms with Crippen molar-refractivity contribution in [3.8, 4) is 11.8 Å². The molecular formula is C18H12F7N3O. The molecule has 0 radical (unpaired) electrons. The molecule has 0 aliphatic heterocycles. The first-order chi connectivity index (χ1) is 13.5. The molecule has 11 heteroatoms. The van der Waals surface area contributed by atoms with Crippen molar-refractivity contribution in [1.82, 2.24) is 5.43 Å². The summed E-state index contributed by atoms with van der Waals surface area (Å²) in [6.45, 7) is 0.112. The molecule has 0 aliphatic carbocycles. The first-order valence-corrected chi connectivity index (χ1v) is 7.81. The van der Waals surface area contributed by atoms with Gasteiger partial charge in [-0.1, -0.05) is 24.3 Å². The van der Waals surface area contributed by atoms with Gasteiger partial charge >= 0.3 is 18.1 Å². The molecule has 0 fully saturated rings. The Bertz CT molecular complexity index is 903. The van der Waals surface area contributed by atoms with Crippen molar-refractivity contribution >= 4 is 6.21 Å². The van der Waals surface area contributed by atoms with Crippen LogP contribution >= 0.6 is 0 Å². The monoisotopic (exact) mass is 419 g/mol. The number of halogens is 7. The second-order valence-corrected chi connectivity index (χ2v) is 5.69. The third-order valence-electron chi connectivity index (χ3n) is 3.52. The third-order valence-corrected chi connectivity index (χ3v) is 3.52. The summed E-state index contributed by atoms with van der Waals surface area (Å²) in [5.74, 6) is -6.03. The number of hydrazone groups is 1. The van der Waals surface area contributed by atoms with Gasteiger partial charge in [-0.15, -0.1) is 0 Å². The Morgan fingerprint density at radius 3 is 2.24 bits per heavy atom. The molecule has 0 spiro atoms. The summed E-state index contributed by atoms with van der Waals surface area (Å²) in [7, 11) is 0. The van der Waals surface area contributed by atoms with Gasteiger partial charge < -0.3 is 4.74 Å². The van der Waals surface area contributed by atoms with Crippen LogP contribution in [0.5, 0.6) is 5.75 Å². The normalized spacial score (nSPS) is 12.6. The molecule has 0 unspecified atom stereocenters. The van der Waals surface area contributed by atoms with Crippen molar-refractivity contribution in [1.29, 1.82) is 5.26 Å². The van der Waals surface area contributed by atoms with Gasteiger partial charge in [0.1, 0.15) is 12.4 Å². The average Bonchev–Trinajstić information content (AvgIpc) is 2.66. The van der Waals surface area contributed by atoms with Crippen molar-refractivity contribution in [2.45, 2.75) is 24.8 Å². The lowest BCUT2D eigenvalue weighted by Crippen LogP contribution is -2.58. The predicted molar refractivity (Wildman–Crippen MR) is 88.6 cm³/mol. The number of alkyl halides is 7. The van der Waals surface area contributed by atoms with Crippen LogP contribution in [0.15, 0.2) is 53.6 Å². The smallest absolute Gasteiger partial charge is 0.462 e. The molecule has 4 nitrogen and oxygen atoms in total. The van der Waals surface area contributed by atoms with E-state index in [4.69, 9.17) is 10.00 Å². The number of hydrogen-bond acceptors (Lipinski definition) is 4. The quantitative estimate of drug-likeness (QED) is 0.302. The Hall–Kier alpha value is -3.29. The number of nitrogens with one attached hydrogen (secondary N) is 1. The van der Waals surface area contributed by atoms with Crippen molar-refractivity contribution in [3.63, 3.8) is 0 Å². The minimum Gasteiger partial charge on any atom is -0.489 e. The van der Waals surface area contributed by atoms with Gasteiger partial charge in [0.05, 0.1) is 17.8 Å². The molecule has 0 saturated carbocycles. The highest BCUT2D eigenvalue weighted by atomic mass is 19.4. The van der Waals surface area contributed by atoms with Gasteiger partial charge in [-0.2, -0.15) is 41.1 Å². The van der Waals surface area contributed by atoms with Crippen LogP contribution in [0.25, 0.3) is 0 Å². The van der Waals surface area contributed by atoms with Crippen LogP contribution in [-0.4, -0.2) is 24.4 Å². The summed E-state index contributed by atoms with van der Waals surface area (Å²) in [4.78, 5) is 0. The molecule has 154 valence electrons. The van der Waals surface area contributed by atoms with Crippen molar-refractivity contribution in [3.05, 3.63) is 65.2 Å². The highest BCUT2D eigenvalue weighted by molar-refractivity contribution is 5.80. The molecule has 2 aromatic carbocycles. The number of rotatable bonds is 7. The van der Waals surface area contributed by atoms with Crippen LogP contribution in [0.1, 0.15) is 16.7 Å². The molecule has 1 N–H and O–H groups in total. The summed E-state index contributed by atoms with van der Waals surface area (Å²) in [5.41, 5.74) is 1.85. The number of nitriles is 1. The van der Waals surface area contributed by atoms with E-state index >= 15 is 0 Å². The molecule has 0 heterocycles. The maximum atomic E-state index is 13.1. The Morgan fingerprint density at radius 1 is 1.00 bits per heavy atom. The maximum absolute atomic E-state index is 13.1. The van der Waals surface area contributed by atoms with Gasteiger partial charge in [-0.3, -0.25) is 0 Å². The lowest BCUT2D eigenvalue weighted by molar-refractivity contribution is -0.361. The van der Waals surface area contributed by atoms with Crippen LogP contribution in [-0.2, 0) is 6.61 Å². The molecule has 0 bridgehead atoms. The van der Waals surface area contributed by atoms with Crippen LogP contribution in [0.2, 0.25) is 0 Å². The van der Waals surface area contributed by atoms with Crippen molar-refractivity contribution in [2.75, 3.05) is 0 Å². The molecule has 2 aromatic rings. The first kappa shape index (κ1) is 22.0. The highest BCUT2D eigenvalue weighted by Crippen LogP contribution is 2.44. The third kappa shape index (κ3) is 5.37. The number of nitrogens with zero attached hydrogens (tertiary/aromatic N) is 2. The van der Waals surface area contributed by atoms with E-state index in [2.05, 4.69) is 5.10 Å². The fourth-order valence-corrected chi connectivity index (χ4v) is 1.96. The van der Waals surface area contributed by atoms with E-state index in [0.29, 0.717) is 17.2 Å². The Labute approximate surface area is 160 Å². The molecule has 0 aliphatic rings. The van der Waals surface area contributed by atoms with E-state index in [1.807, 2.05) is 6.07 Å². The first-order valence-electron chi connectivity index (χ1n) is 7.81. The topological polar surface area (TPSA) is 57.4 Å². The Kier molecular flexibility index (Phi) is 6.36. The molecule has 29 heavy (non-hydrogen) atoms. The summed E-state index contributed by atoms with van der Waals surface area (Å²) >= 11 is 0. The second-order valence-electron chi connectivity index (χ2n) is 5.69. The SMILES string of the molecule is N#Cc1ccc(COc2cccc(/C=N\NC(F)(F)C(F)(F)C(F)(F)F)c2)cc1. The zero-order valence-corrected chi connectivity index (χ0v) is 14.4. The van der Waals surface area contributed by atoms with Crippen LogP contribution in [0, 0.1) is 11.3 Å². The standard InChI is InChI=1S/C18H12F7N3O/c19-16(20,17(21,22)23)18(24,25)28-27-10-14-2-1-3-15(8-14)29-11-13-6-4-12(9-26)5-7-13/h1-8,10,28H,11H2/b27-10-. The van der Waals surface area contributed by atoms with Crippen molar-refractivity contribution in [2.24, 2.45) is 5.10 Å². The summed E-state index contributed by atoms with van der Waals surface area (Å²) in [6.07, 6.45) is -5.80. The average molecular weight is 419 g/mol. The van der Waals surface area contributed by atoms with Crippen LogP contribution in [0.3, 0.4) is 0 Å².